The van der Waals surface area contributed by atoms with Crippen molar-refractivity contribution in [1.82, 2.24) is 0 Å². The van der Waals surface area contributed by atoms with Gasteiger partial charge in [-0.3, -0.25) is 0 Å². The van der Waals surface area contributed by atoms with Crippen LogP contribution in [0.15, 0.2) is 18.2 Å². The lowest BCUT2D eigenvalue weighted by Gasteiger charge is -2.23. The molecular formula is C14H24N2. The first-order valence-corrected chi connectivity index (χ1v) is 6.05. The molecule has 2 N–H and O–H groups in total. The molecule has 0 saturated heterocycles. The summed E-state index contributed by atoms with van der Waals surface area (Å²) < 4.78 is 0. The zero-order valence-electron chi connectivity index (χ0n) is 11.0. The first kappa shape index (κ1) is 13.0. The minimum atomic E-state index is 0.613. The third-order valence-electron chi connectivity index (χ3n) is 2.91. The average molecular weight is 220 g/mol. The summed E-state index contributed by atoms with van der Waals surface area (Å²) in [7, 11) is 2.15. The van der Waals surface area contributed by atoms with E-state index in [0.717, 1.165) is 12.5 Å². The van der Waals surface area contributed by atoms with Gasteiger partial charge in [0.1, 0.15) is 0 Å². The van der Waals surface area contributed by atoms with Crippen molar-refractivity contribution in [3.63, 3.8) is 0 Å². The third-order valence-corrected chi connectivity index (χ3v) is 2.91. The Bertz CT molecular complexity index is 332. The van der Waals surface area contributed by atoms with Gasteiger partial charge in [-0.25, -0.2) is 0 Å². The Morgan fingerprint density at radius 2 is 2.00 bits per heavy atom. The normalized spacial score (nSPS) is 10.9. The highest BCUT2D eigenvalue weighted by Gasteiger charge is 2.07. The van der Waals surface area contributed by atoms with Gasteiger partial charge in [-0.2, -0.15) is 0 Å². The molecule has 2 heteroatoms. The molecule has 90 valence electrons. The maximum absolute atomic E-state index is 5.77. The predicted octanol–water partition coefficient (Wildman–Crippen LogP) is 2.94. The Kier molecular flexibility index (Phi) is 4.81. The van der Waals surface area contributed by atoms with Gasteiger partial charge in [0.25, 0.3) is 0 Å². The first-order chi connectivity index (χ1) is 7.54. The van der Waals surface area contributed by atoms with E-state index in [0.29, 0.717) is 6.54 Å². The molecule has 0 spiro atoms. The quantitative estimate of drug-likeness (QED) is 0.826. The molecule has 0 aliphatic carbocycles. The Hall–Kier alpha value is -1.02. The molecule has 1 aromatic rings. The highest BCUT2D eigenvalue weighted by atomic mass is 15.1. The van der Waals surface area contributed by atoms with Gasteiger partial charge in [0.05, 0.1) is 0 Å². The largest absolute Gasteiger partial charge is 0.374 e. The van der Waals surface area contributed by atoms with E-state index in [-0.39, 0.29) is 0 Å². The molecule has 0 fully saturated rings. The van der Waals surface area contributed by atoms with Crippen molar-refractivity contribution in [2.75, 3.05) is 18.5 Å². The first-order valence-electron chi connectivity index (χ1n) is 6.05. The van der Waals surface area contributed by atoms with Crippen LogP contribution >= 0.6 is 0 Å². The molecule has 0 bridgehead atoms. The highest BCUT2D eigenvalue weighted by molar-refractivity contribution is 5.54. The summed E-state index contributed by atoms with van der Waals surface area (Å²) in [4.78, 5) is 2.31. The van der Waals surface area contributed by atoms with Crippen molar-refractivity contribution < 1.29 is 0 Å². The van der Waals surface area contributed by atoms with E-state index in [1.807, 2.05) is 0 Å². The molecule has 0 aromatic heterocycles. The van der Waals surface area contributed by atoms with E-state index in [2.05, 4.69) is 50.9 Å². The predicted molar refractivity (Wildman–Crippen MR) is 71.8 cm³/mol. The number of rotatable bonds is 5. The summed E-state index contributed by atoms with van der Waals surface area (Å²) in [5.41, 5.74) is 9.58. The molecule has 1 aromatic carbocycles. The van der Waals surface area contributed by atoms with Crippen LogP contribution in [0.4, 0.5) is 5.69 Å². The standard InChI is InChI=1S/C14H24N2/c1-11(2)7-8-16(4)14-9-12(3)5-6-13(14)10-15/h5-6,9,11H,7-8,10,15H2,1-4H3. The van der Waals surface area contributed by atoms with Crippen molar-refractivity contribution in [2.24, 2.45) is 11.7 Å². The Balaban J connectivity index is 2.80. The second kappa shape index (κ2) is 5.90. The summed E-state index contributed by atoms with van der Waals surface area (Å²) in [6.07, 6.45) is 1.22. The van der Waals surface area contributed by atoms with E-state index in [1.165, 1.54) is 23.2 Å². The summed E-state index contributed by atoms with van der Waals surface area (Å²) in [5, 5.41) is 0. The van der Waals surface area contributed by atoms with E-state index < -0.39 is 0 Å². The second-order valence-electron chi connectivity index (χ2n) is 4.94. The Labute approximate surface area is 99.5 Å². The van der Waals surface area contributed by atoms with Crippen molar-refractivity contribution in [3.05, 3.63) is 29.3 Å². The van der Waals surface area contributed by atoms with Crippen LogP contribution in [0.5, 0.6) is 0 Å². The molecule has 0 amide bonds. The van der Waals surface area contributed by atoms with Crippen molar-refractivity contribution in [2.45, 2.75) is 33.7 Å². The molecule has 0 unspecified atom stereocenters. The molecule has 0 heterocycles. The topological polar surface area (TPSA) is 29.3 Å². The number of nitrogens with zero attached hydrogens (tertiary/aromatic N) is 1. The van der Waals surface area contributed by atoms with Gasteiger partial charge in [0.2, 0.25) is 0 Å². The van der Waals surface area contributed by atoms with Crippen molar-refractivity contribution in [3.8, 4) is 0 Å². The SMILES string of the molecule is Cc1ccc(CN)c(N(C)CCC(C)C)c1. The van der Waals surface area contributed by atoms with Gasteiger partial charge in [0.15, 0.2) is 0 Å². The molecule has 0 radical (unpaired) electrons. The third kappa shape index (κ3) is 3.53. The maximum Gasteiger partial charge on any atom is 0.0411 e. The van der Waals surface area contributed by atoms with E-state index in [4.69, 9.17) is 5.73 Å². The lowest BCUT2D eigenvalue weighted by atomic mass is 10.1. The fraction of sp³-hybridized carbons (Fsp3) is 0.571. The molecule has 0 aliphatic rings. The molecule has 2 nitrogen and oxygen atoms in total. The molecule has 0 atom stereocenters. The molecule has 16 heavy (non-hydrogen) atoms. The van der Waals surface area contributed by atoms with E-state index >= 15 is 0 Å². The molecule has 0 saturated carbocycles. The van der Waals surface area contributed by atoms with Gasteiger partial charge < -0.3 is 10.6 Å². The van der Waals surface area contributed by atoms with Crippen LogP contribution in [0, 0.1) is 12.8 Å². The fourth-order valence-corrected chi connectivity index (χ4v) is 1.77. The van der Waals surface area contributed by atoms with Crippen LogP contribution in [0.1, 0.15) is 31.4 Å². The van der Waals surface area contributed by atoms with Gasteiger partial charge in [0, 0.05) is 25.8 Å². The highest BCUT2D eigenvalue weighted by Crippen LogP contribution is 2.21. The summed E-state index contributed by atoms with van der Waals surface area (Å²) in [5.74, 6) is 0.744. The zero-order valence-corrected chi connectivity index (χ0v) is 11.0. The minimum absolute atomic E-state index is 0.613. The van der Waals surface area contributed by atoms with E-state index in [9.17, 15) is 0 Å². The lowest BCUT2D eigenvalue weighted by Crippen LogP contribution is -2.22. The Morgan fingerprint density at radius 1 is 1.31 bits per heavy atom. The molecule has 1 rings (SSSR count). The van der Waals surface area contributed by atoms with Gasteiger partial charge >= 0.3 is 0 Å². The van der Waals surface area contributed by atoms with Crippen LogP contribution in [-0.4, -0.2) is 13.6 Å². The smallest absolute Gasteiger partial charge is 0.0411 e. The number of benzene rings is 1. The maximum atomic E-state index is 5.77. The van der Waals surface area contributed by atoms with Crippen LogP contribution < -0.4 is 10.6 Å². The number of hydrogen-bond acceptors (Lipinski definition) is 2. The summed E-state index contributed by atoms with van der Waals surface area (Å²) in [6, 6.07) is 6.49. The van der Waals surface area contributed by atoms with Gasteiger partial charge in [-0.15, -0.1) is 0 Å². The van der Waals surface area contributed by atoms with Gasteiger partial charge in [-0.1, -0.05) is 26.0 Å². The summed E-state index contributed by atoms with van der Waals surface area (Å²) >= 11 is 0. The number of hydrogen-bond donors (Lipinski definition) is 1. The number of aryl methyl sites for hydroxylation is 1. The molecule has 0 aliphatic heterocycles. The summed E-state index contributed by atoms with van der Waals surface area (Å²) in [6.45, 7) is 8.34. The van der Waals surface area contributed by atoms with Crippen LogP contribution in [0.2, 0.25) is 0 Å². The Morgan fingerprint density at radius 3 is 2.56 bits per heavy atom. The van der Waals surface area contributed by atoms with E-state index in [1.54, 1.807) is 0 Å². The van der Waals surface area contributed by atoms with Crippen LogP contribution in [0.3, 0.4) is 0 Å². The minimum Gasteiger partial charge on any atom is -0.374 e. The second-order valence-corrected chi connectivity index (χ2v) is 4.94. The van der Waals surface area contributed by atoms with Crippen molar-refractivity contribution in [1.29, 1.82) is 0 Å². The average Bonchev–Trinajstić information content (AvgIpc) is 2.25. The van der Waals surface area contributed by atoms with Crippen molar-refractivity contribution >= 4 is 5.69 Å². The van der Waals surface area contributed by atoms with Crippen LogP contribution in [-0.2, 0) is 6.54 Å². The number of anilines is 1. The van der Waals surface area contributed by atoms with Gasteiger partial charge in [-0.05, 0) is 36.5 Å². The van der Waals surface area contributed by atoms with Crippen LogP contribution in [0.25, 0.3) is 0 Å². The fourth-order valence-electron chi connectivity index (χ4n) is 1.77. The zero-order chi connectivity index (χ0) is 12.1. The number of nitrogens with two attached hydrogens (primary N) is 1. The monoisotopic (exact) mass is 220 g/mol. The molecular weight excluding hydrogens is 196 g/mol. The lowest BCUT2D eigenvalue weighted by molar-refractivity contribution is 0.584.